The van der Waals surface area contributed by atoms with Gasteiger partial charge in [0.2, 0.25) is 0 Å². The van der Waals surface area contributed by atoms with Crippen molar-refractivity contribution in [3.8, 4) is 17.2 Å². The average Bonchev–Trinajstić information content (AvgIpc) is 2.45. The maximum absolute atomic E-state index is 11.7. The molecule has 0 aromatic heterocycles. The van der Waals surface area contributed by atoms with Crippen LogP contribution in [0.25, 0.3) is 0 Å². The summed E-state index contributed by atoms with van der Waals surface area (Å²) >= 11 is 0. The summed E-state index contributed by atoms with van der Waals surface area (Å²) in [6, 6.07) is 9.64. The minimum atomic E-state index is -1.05. The molecule has 0 spiro atoms. The van der Waals surface area contributed by atoms with E-state index in [1.165, 1.54) is 12.1 Å². The van der Waals surface area contributed by atoms with E-state index in [-0.39, 0.29) is 63.9 Å². The van der Waals surface area contributed by atoms with Crippen molar-refractivity contribution >= 4 is 11.9 Å². The Balaban J connectivity index is 0.00000220. The predicted molar refractivity (Wildman–Crippen MR) is 68.7 cm³/mol. The fourth-order valence-corrected chi connectivity index (χ4v) is 1.50. The minimum absolute atomic E-state index is 0. The Labute approximate surface area is 163 Å². The zero-order chi connectivity index (χ0) is 14.7. The molecular formula is C14H11KO6. The monoisotopic (exact) mass is 314 g/mol. The van der Waals surface area contributed by atoms with Crippen molar-refractivity contribution in [1.29, 1.82) is 0 Å². The van der Waals surface area contributed by atoms with Crippen molar-refractivity contribution in [1.82, 2.24) is 0 Å². The normalized spacial score (nSPS) is 9.52. The maximum Gasteiger partial charge on any atom is 1.00 e. The molecule has 0 atom stereocenters. The van der Waals surface area contributed by atoms with E-state index >= 15 is 0 Å². The molecule has 0 aliphatic heterocycles. The van der Waals surface area contributed by atoms with E-state index in [4.69, 9.17) is 5.11 Å². The van der Waals surface area contributed by atoms with E-state index in [1.807, 2.05) is 0 Å². The third-order valence-electron chi connectivity index (χ3n) is 2.50. The van der Waals surface area contributed by atoms with E-state index in [1.54, 1.807) is 18.2 Å². The van der Waals surface area contributed by atoms with Crippen LogP contribution in [-0.2, 0) is 4.74 Å². The van der Waals surface area contributed by atoms with Crippen LogP contribution in [0.5, 0.6) is 17.2 Å². The third-order valence-corrected chi connectivity index (χ3v) is 2.50. The number of phenolic OH excluding ortho intramolecular Hbond substituents is 3. The number of phenols is 3. The van der Waals surface area contributed by atoms with Gasteiger partial charge in [-0.1, -0.05) is 18.2 Å². The van der Waals surface area contributed by atoms with Gasteiger partial charge in [-0.2, -0.15) is 0 Å². The molecule has 2 rings (SSSR count). The van der Waals surface area contributed by atoms with Gasteiger partial charge in [-0.15, -0.1) is 0 Å². The molecule has 0 radical (unpaired) electrons. The standard InChI is InChI=1S/C14H10O6.K.H/c15-10-6-9(7-11(16)12(10)17)14(19)20-13(18)8-4-2-1-3-5-8;;/h1-7,15-17H;;/q;+1;-1. The van der Waals surface area contributed by atoms with Gasteiger partial charge >= 0.3 is 63.3 Å². The first-order chi connectivity index (χ1) is 9.49. The number of carbonyl (C=O) groups is 2. The molecule has 2 aromatic carbocycles. The molecule has 104 valence electrons. The summed E-state index contributed by atoms with van der Waals surface area (Å²) in [5, 5.41) is 27.7. The van der Waals surface area contributed by atoms with E-state index in [9.17, 15) is 19.8 Å². The van der Waals surface area contributed by atoms with E-state index in [2.05, 4.69) is 4.74 Å². The molecule has 0 saturated carbocycles. The molecule has 0 unspecified atom stereocenters. The van der Waals surface area contributed by atoms with Crippen LogP contribution in [-0.4, -0.2) is 27.3 Å². The van der Waals surface area contributed by atoms with Crippen LogP contribution in [0.3, 0.4) is 0 Å². The minimum Gasteiger partial charge on any atom is -1.00 e. The number of aromatic hydroxyl groups is 3. The summed E-state index contributed by atoms with van der Waals surface area (Å²) < 4.78 is 4.59. The molecule has 0 saturated heterocycles. The fraction of sp³-hybridized carbons (Fsp3) is 0. The Hall–Kier alpha value is -1.38. The molecule has 2 aromatic rings. The van der Waals surface area contributed by atoms with E-state index in [0.29, 0.717) is 0 Å². The molecular weight excluding hydrogens is 303 g/mol. The van der Waals surface area contributed by atoms with Gasteiger partial charge in [0.25, 0.3) is 0 Å². The predicted octanol–water partition coefficient (Wildman–Crippen LogP) is -1.08. The molecule has 0 bridgehead atoms. The van der Waals surface area contributed by atoms with E-state index in [0.717, 1.165) is 12.1 Å². The van der Waals surface area contributed by atoms with Crippen molar-refractivity contribution in [2.45, 2.75) is 0 Å². The van der Waals surface area contributed by atoms with Crippen LogP contribution in [0, 0.1) is 0 Å². The van der Waals surface area contributed by atoms with Crippen molar-refractivity contribution in [2.75, 3.05) is 0 Å². The zero-order valence-corrected chi connectivity index (χ0v) is 14.2. The SMILES string of the molecule is O=C(OC(=O)c1cc(O)c(O)c(O)c1)c1ccccc1.[H-].[K+]. The van der Waals surface area contributed by atoms with Gasteiger partial charge in [0, 0.05) is 0 Å². The summed E-state index contributed by atoms with van der Waals surface area (Å²) in [5.74, 6) is -4.05. The van der Waals surface area contributed by atoms with Gasteiger partial charge < -0.3 is 21.5 Å². The fourth-order valence-electron chi connectivity index (χ4n) is 1.50. The number of benzene rings is 2. The largest absolute Gasteiger partial charge is 1.00 e. The number of esters is 2. The van der Waals surface area contributed by atoms with Crippen LogP contribution in [0.1, 0.15) is 22.1 Å². The Kier molecular flexibility index (Phi) is 6.37. The molecule has 0 fully saturated rings. The molecule has 7 heteroatoms. The first-order valence-corrected chi connectivity index (χ1v) is 5.55. The van der Waals surface area contributed by atoms with Gasteiger partial charge in [-0.05, 0) is 24.3 Å². The van der Waals surface area contributed by atoms with Crippen molar-refractivity contribution in [2.24, 2.45) is 0 Å². The first kappa shape index (κ1) is 17.7. The maximum atomic E-state index is 11.7. The number of hydrogen-bond acceptors (Lipinski definition) is 6. The molecule has 6 nitrogen and oxygen atoms in total. The smallest absolute Gasteiger partial charge is 1.00 e. The quantitative estimate of drug-likeness (QED) is 0.282. The Morgan fingerprint density at radius 1 is 0.857 bits per heavy atom. The molecule has 3 N–H and O–H groups in total. The topological polar surface area (TPSA) is 104 Å². The Morgan fingerprint density at radius 3 is 1.86 bits per heavy atom. The second-order valence-electron chi connectivity index (χ2n) is 3.91. The number of hydrogen-bond donors (Lipinski definition) is 3. The van der Waals surface area contributed by atoms with Gasteiger partial charge in [0.1, 0.15) is 0 Å². The van der Waals surface area contributed by atoms with Crippen LogP contribution in [0.2, 0.25) is 0 Å². The molecule has 0 amide bonds. The molecule has 0 heterocycles. The molecule has 0 aliphatic rings. The van der Waals surface area contributed by atoms with Crippen LogP contribution >= 0.6 is 0 Å². The molecule has 0 aliphatic carbocycles. The third kappa shape index (κ3) is 4.29. The summed E-state index contributed by atoms with van der Waals surface area (Å²) in [6.07, 6.45) is 0. The van der Waals surface area contributed by atoms with Gasteiger partial charge in [-0.25, -0.2) is 9.59 Å². The van der Waals surface area contributed by atoms with Crippen LogP contribution in [0.4, 0.5) is 0 Å². The van der Waals surface area contributed by atoms with Crippen LogP contribution in [0.15, 0.2) is 42.5 Å². The number of carbonyl (C=O) groups excluding carboxylic acids is 2. The number of ether oxygens (including phenoxy) is 1. The summed E-state index contributed by atoms with van der Waals surface area (Å²) in [6.45, 7) is 0. The summed E-state index contributed by atoms with van der Waals surface area (Å²) in [4.78, 5) is 23.3. The zero-order valence-electron chi connectivity index (χ0n) is 12.1. The average molecular weight is 314 g/mol. The molecule has 21 heavy (non-hydrogen) atoms. The Bertz CT molecular complexity index is 651. The van der Waals surface area contributed by atoms with Gasteiger partial charge in [-0.3, -0.25) is 0 Å². The second kappa shape index (κ2) is 7.58. The van der Waals surface area contributed by atoms with Crippen LogP contribution < -0.4 is 51.4 Å². The van der Waals surface area contributed by atoms with Gasteiger partial charge in [0.15, 0.2) is 17.2 Å². The number of rotatable bonds is 2. The first-order valence-electron chi connectivity index (χ1n) is 5.55. The van der Waals surface area contributed by atoms with E-state index < -0.39 is 29.2 Å². The summed E-state index contributed by atoms with van der Waals surface area (Å²) in [5.41, 5.74) is -0.0739. The Morgan fingerprint density at radius 2 is 1.33 bits per heavy atom. The summed E-state index contributed by atoms with van der Waals surface area (Å²) in [7, 11) is 0. The van der Waals surface area contributed by atoms with Crippen molar-refractivity contribution in [3.05, 3.63) is 53.6 Å². The van der Waals surface area contributed by atoms with Crippen molar-refractivity contribution in [3.63, 3.8) is 0 Å². The second-order valence-corrected chi connectivity index (χ2v) is 3.91. The van der Waals surface area contributed by atoms with Crippen molar-refractivity contribution < 1.29 is 82.5 Å². The van der Waals surface area contributed by atoms with Gasteiger partial charge in [0.05, 0.1) is 11.1 Å².